The zero-order valence-electron chi connectivity index (χ0n) is 11.6. The molecule has 4 heteroatoms. The van der Waals surface area contributed by atoms with Crippen molar-refractivity contribution in [2.75, 3.05) is 38.7 Å². The summed E-state index contributed by atoms with van der Waals surface area (Å²) in [4.78, 5) is 4.33. The number of para-hydroxylation sites is 1. The molecule has 1 aliphatic heterocycles. The summed E-state index contributed by atoms with van der Waals surface area (Å²) in [5.41, 5.74) is 1.47. The molecule has 0 bridgehead atoms. The number of aliphatic hydroxyl groups excluding tert-OH is 1. The van der Waals surface area contributed by atoms with E-state index in [0.717, 1.165) is 31.6 Å². The molecule has 102 valence electrons. The van der Waals surface area contributed by atoms with Gasteiger partial charge in [-0.05, 0) is 39.1 Å². The number of nitrogens with zero attached hydrogens (tertiary/aromatic N) is 3. The minimum Gasteiger partial charge on any atom is -0.394 e. The normalized spacial score (nSPS) is 23.4. The molecule has 1 aliphatic rings. The molecule has 1 heterocycles. The van der Waals surface area contributed by atoms with Crippen molar-refractivity contribution in [1.82, 2.24) is 4.90 Å². The number of hydrogen-bond acceptors (Lipinski definition) is 4. The Labute approximate surface area is 114 Å². The lowest BCUT2D eigenvalue weighted by Gasteiger charge is -2.47. The Hall–Kier alpha value is -1.57. The molecule has 0 saturated carbocycles. The summed E-state index contributed by atoms with van der Waals surface area (Å²) in [6, 6.07) is 9.93. The van der Waals surface area contributed by atoms with E-state index in [1.165, 1.54) is 0 Å². The van der Waals surface area contributed by atoms with Crippen molar-refractivity contribution in [1.29, 1.82) is 5.26 Å². The van der Waals surface area contributed by atoms with Gasteiger partial charge in [-0.2, -0.15) is 5.26 Å². The molecule has 0 aromatic heterocycles. The first-order chi connectivity index (χ1) is 9.13. The van der Waals surface area contributed by atoms with E-state index in [4.69, 9.17) is 0 Å². The minimum absolute atomic E-state index is 0.144. The number of anilines is 1. The summed E-state index contributed by atoms with van der Waals surface area (Å²) in [6.45, 7) is 1.84. The van der Waals surface area contributed by atoms with Gasteiger partial charge in [-0.15, -0.1) is 0 Å². The summed E-state index contributed by atoms with van der Waals surface area (Å²) < 4.78 is 0. The molecule has 0 radical (unpaired) electrons. The highest BCUT2D eigenvalue weighted by atomic mass is 16.3. The second kappa shape index (κ2) is 5.60. The van der Waals surface area contributed by atoms with Crippen molar-refractivity contribution >= 4 is 5.69 Å². The minimum atomic E-state index is -0.208. The van der Waals surface area contributed by atoms with Gasteiger partial charge in [-0.3, -0.25) is 4.90 Å². The monoisotopic (exact) mass is 259 g/mol. The van der Waals surface area contributed by atoms with Crippen LogP contribution in [0.15, 0.2) is 24.3 Å². The molecule has 1 saturated heterocycles. The molecule has 0 aliphatic carbocycles. The van der Waals surface area contributed by atoms with Crippen LogP contribution in [0.4, 0.5) is 5.69 Å². The average molecular weight is 259 g/mol. The van der Waals surface area contributed by atoms with E-state index in [-0.39, 0.29) is 12.1 Å². The fraction of sp³-hybridized carbons (Fsp3) is 0.533. The SMILES string of the molecule is CN(C)C1(CO)CCCN(c2ccccc2C#N)C1. The number of likely N-dealkylation sites (N-methyl/N-ethyl adjacent to an activating group) is 1. The lowest BCUT2D eigenvalue weighted by Crippen LogP contribution is -2.58. The smallest absolute Gasteiger partial charge is 0.101 e. The molecule has 1 unspecified atom stereocenters. The summed E-state index contributed by atoms with van der Waals surface area (Å²) in [5, 5.41) is 19.0. The predicted octanol–water partition coefficient (Wildman–Crippen LogP) is 1.45. The maximum atomic E-state index is 9.77. The van der Waals surface area contributed by atoms with E-state index < -0.39 is 0 Å². The van der Waals surface area contributed by atoms with Gasteiger partial charge in [0.25, 0.3) is 0 Å². The molecule has 0 amide bonds. The van der Waals surface area contributed by atoms with Crippen LogP contribution in [0.1, 0.15) is 18.4 Å². The van der Waals surface area contributed by atoms with Gasteiger partial charge in [0.2, 0.25) is 0 Å². The first-order valence-corrected chi connectivity index (χ1v) is 6.65. The fourth-order valence-electron chi connectivity index (χ4n) is 2.80. The second-order valence-electron chi connectivity index (χ2n) is 5.43. The van der Waals surface area contributed by atoms with Crippen molar-refractivity contribution in [3.05, 3.63) is 29.8 Å². The lowest BCUT2D eigenvalue weighted by molar-refractivity contribution is 0.0547. The molecule has 19 heavy (non-hydrogen) atoms. The quantitative estimate of drug-likeness (QED) is 0.892. The molecule has 1 aromatic rings. The molecular weight excluding hydrogens is 238 g/mol. The van der Waals surface area contributed by atoms with Gasteiger partial charge >= 0.3 is 0 Å². The van der Waals surface area contributed by atoms with Crippen LogP contribution in [0.25, 0.3) is 0 Å². The number of hydrogen-bond donors (Lipinski definition) is 1. The zero-order chi connectivity index (χ0) is 13.9. The van der Waals surface area contributed by atoms with E-state index in [1.807, 2.05) is 38.4 Å². The maximum Gasteiger partial charge on any atom is 0.101 e. The Balaban J connectivity index is 2.29. The summed E-state index contributed by atoms with van der Waals surface area (Å²) in [5.74, 6) is 0. The molecule has 1 fully saturated rings. The molecule has 1 aromatic carbocycles. The van der Waals surface area contributed by atoms with Gasteiger partial charge in [0.05, 0.1) is 23.4 Å². The van der Waals surface area contributed by atoms with Gasteiger partial charge in [0, 0.05) is 13.1 Å². The standard InChI is InChI=1S/C15H21N3O/c1-17(2)15(12-19)8-5-9-18(11-15)14-7-4-3-6-13(14)10-16/h3-4,6-7,19H,5,8-9,11-12H2,1-2H3. The average Bonchev–Trinajstić information content (AvgIpc) is 2.47. The van der Waals surface area contributed by atoms with Gasteiger partial charge in [-0.25, -0.2) is 0 Å². The Morgan fingerprint density at radius 3 is 2.79 bits per heavy atom. The van der Waals surface area contributed by atoms with E-state index in [9.17, 15) is 10.4 Å². The lowest BCUT2D eigenvalue weighted by atomic mass is 9.88. The van der Waals surface area contributed by atoms with Crippen LogP contribution >= 0.6 is 0 Å². The van der Waals surface area contributed by atoms with Crippen molar-refractivity contribution in [2.24, 2.45) is 0 Å². The van der Waals surface area contributed by atoms with E-state index in [1.54, 1.807) is 0 Å². The van der Waals surface area contributed by atoms with Crippen LogP contribution < -0.4 is 4.90 Å². The number of nitriles is 1. The van der Waals surface area contributed by atoms with E-state index in [0.29, 0.717) is 5.56 Å². The molecule has 2 rings (SSSR count). The zero-order valence-corrected chi connectivity index (χ0v) is 11.6. The van der Waals surface area contributed by atoms with Gasteiger partial charge in [-0.1, -0.05) is 12.1 Å². The van der Waals surface area contributed by atoms with Crippen molar-refractivity contribution in [2.45, 2.75) is 18.4 Å². The summed E-state index contributed by atoms with van der Waals surface area (Å²) in [6.07, 6.45) is 2.01. The molecule has 0 spiro atoms. The van der Waals surface area contributed by atoms with Crippen LogP contribution in [0.2, 0.25) is 0 Å². The highest BCUT2D eigenvalue weighted by Gasteiger charge is 2.37. The third-order valence-corrected chi connectivity index (χ3v) is 4.16. The fourth-order valence-corrected chi connectivity index (χ4v) is 2.80. The van der Waals surface area contributed by atoms with Gasteiger partial charge < -0.3 is 10.0 Å². The molecule has 4 nitrogen and oxygen atoms in total. The Morgan fingerprint density at radius 1 is 1.42 bits per heavy atom. The molecular formula is C15H21N3O. The summed E-state index contributed by atoms with van der Waals surface area (Å²) in [7, 11) is 4.02. The van der Waals surface area contributed by atoms with Gasteiger partial charge in [0.15, 0.2) is 0 Å². The summed E-state index contributed by atoms with van der Waals surface area (Å²) >= 11 is 0. The van der Waals surface area contributed by atoms with Gasteiger partial charge in [0.1, 0.15) is 6.07 Å². The highest BCUT2D eigenvalue weighted by molar-refractivity contribution is 5.59. The number of piperidine rings is 1. The third kappa shape index (κ3) is 2.58. The maximum absolute atomic E-state index is 9.77. The van der Waals surface area contributed by atoms with Crippen molar-refractivity contribution < 1.29 is 5.11 Å². The van der Waals surface area contributed by atoms with Crippen LogP contribution in [0.3, 0.4) is 0 Å². The largest absolute Gasteiger partial charge is 0.394 e. The van der Waals surface area contributed by atoms with Crippen LogP contribution in [0.5, 0.6) is 0 Å². The van der Waals surface area contributed by atoms with Crippen molar-refractivity contribution in [3.63, 3.8) is 0 Å². The number of rotatable bonds is 3. The van der Waals surface area contributed by atoms with Crippen LogP contribution in [-0.4, -0.2) is 49.3 Å². The third-order valence-electron chi connectivity index (χ3n) is 4.16. The van der Waals surface area contributed by atoms with E-state index in [2.05, 4.69) is 15.9 Å². The Morgan fingerprint density at radius 2 is 2.16 bits per heavy atom. The molecule has 1 N–H and O–H groups in total. The first-order valence-electron chi connectivity index (χ1n) is 6.65. The Kier molecular flexibility index (Phi) is 4.08. The number of aliphatic hydroxyl groups is 1. The van der Waals surface area contributed by atoms with Crippen molar-refractivity contribution in [3.8, 4) is 6.07 Å². The van der Waals surface area contributed by atoms with E-state index >= 15 is 0 Å². The second-order valence-corrected chi connectivity index (χ2v) is 5.43. The predicted molar refractivity (Wildman–Crippen MR) is 76.1 cm³/mol. The highest BCUT2D eigenvalue weighted by Crippen LogP contribution is 2.30. The first kappa shape index (κ1) is 13.9. The molecule has 1 atom stereocenters. The van der Waals surface area contributed by atoms with Crippen LogP contribution in [0, 0.1) is 11.3 Å². The number of benzene rings is 1. The topological polar surface area (TPSA) is 50.5 Å². The van der Waals surface area contributed by atoms with Crippen LogP contribution in [-0.2, 0) is 0 Å². The Bertz CT molecular complexity index is 481.